The average Bonchev–Trinajstić information content (AvgIpc) is 3.33. The lowest BCUT2D eigenvalue weighted by molar-refractivity contribution is 0.102. The van der Waals surface area contributed by atoms with Crippen LogP contribution in [0.5, 0.6) is 0 Å². The van der Waals surface area contributed by atoms with Crippen molar-refractivity contribution in [3.8, 4) is 5.69 Å². The van der Waals surface area contributed by atoms with Gasteiger partial charge in [0.2, 0.25) is 0 Å². The summed E-state index contributed by atoms with van der Waals surface area (Å²) in [4.78, 5) is 16.7. The third-order valence-electron chi connectivity index (χ3n) is 5.16. The summed E-state index contributed by atoms with van der Waals surface area (Å²) < 4.78 is 42.8. The van der Waals surface area contributed by atoms with Crippen molar-refractivity contribution in [1.82, 2.24) is 9.55 Å². The molecule has 7 nitrogen and oxygen atoms in total. The second-order valence-electron chi connectivity index (χ2n) is 7.42. The van der Waals surface area contributed by atoms with E-state index in [1.165, 1.54) is 36.1 Å². The van der Waals surface area contributed by atoms with E-state index < -0.39 is 21.7 Å². The van der Waals surface area contributed by atoms with E-state index in [0.29, 0.717) is 22.6 Å². The smallest absolute Gasteiger partial charge is 0.264 e. The fraction of sp³-hybridized carbons (Fsp3) is 0.0833. The molecule has 33 heavy (non-hydrogen) atoms. The van der Waals surface area contributed by atoms with E-state index in [4.69, 9.17) is 0 Å². The molecule has 1 heterocycles. The number of sulfonamides is 1. The average molecular weight is 465 g/mol. The number of hydrogen-bond donors (Lipinski definition) is 1. The lowest BCUT2D eigenvalue weighted by Crippen LogP contribution is -2.26. The highest BCUT2D eigenvalue weighted by molar-refractivity contribution is 7.92. The summed E-state index contributed by atoms with van der Waals surface area (Å²) in [6, 6.07) is 17.1. The van der Waals surface area contributed by atoms with E-state index in [9.17, 15) is 17.6 Å². The van der Waals surface area contributed by atoms with Gasteiger partial charge in [0.1, 0.15) is 5.82 Å². The topological polar surface area (TPSA) is 84.3 Å². The van der Waals surface area contributed by atoms with E-state index in [0.717, 1.165) is 9.87 Å². The number of anilines is 2. The lowest BCUT2D eigenvalue weighted by atomic mass is 10.2. The van der Waals surface area contributed by atoms with Crippen LogP contribution in [0.25, 0.3) is 5.69 Å². The number of imidazole rings is 1. The number of nitrogens with zero attached hydrogens (tertiary/aromatic N) is 3. The van der Waals surface area contributed by atoms with E-state index >= 15 is 0 Å². The van der Waals surface area contributed by atoms with Crippen LogP contribution >= 0.6 is 0 Å². The molecule has 0 bridgehead atoms. The van der Waals surface area contributed by atoms with Crippen LogP contribution in [0.15, 0.2) is 90.3 Å². The van der Waals surface area contributed by atoms with Crippen molar-refractivity contribution in [2.45, 2.75) is 11.8 Å². The molecule has 3 aromatic carbocycles. The van der Waals surface area contributed by atoms with Crippen LogP contribution in [-0.4, -0.2) is 30.9 Å². The predicted molar refractivity (Wildman–Crippen MR) is 125 cm³/mol. The molecule has 0 unspecified atom stereocenters. The van der Waals surface area contributed by atoms with Crippen molar-refractivity contribution < 1.29 is 17.6 Å². The number of carbonyl (C=O) groups excluding carboxylic acids is 1. The van der Waals surface area contributed by atoms with Gasteiger partial charge >= 0.3 is 0 Å². The maximum absolute atomic E-state index is 14.4. The predicted octanol–water partition coefficient (Wildman–Crippen LogP) is 4.40. The number of halogens is 1. The number of carbonyl (C=O) groups is 1. The molecule has 4 aromatic rings. The molecule has 168 valence electrons. The van der Waals surface area contributed by atoms with Gasteiger partial charge in [0, 0.05) is 30.7 Å². The summed E-state index contributed by atoms with van der Waals surface area (Å²) in [5, 5.41) is 2.65. The van der Waals surface area contributed by atoms with Crippen molar-refractivity contribution in [3.05, 3.63) is 102 Å². The largest absolute Gasteiger partial charge is 0.322 e. The first-order valence-corrected chi connectivity index (χ1v) is 11.4. The van der Waals surface area contributed by atoms with Crippen molar-refractivity contribution in [1.29, 1.82) is 0 Å². The minimum Gasteiger partial charge on any atom is -0.322 e. The zero-order valence-electron chi connectivity index (χ0n) is 17.9. The zero-order valence-corrected chi connectivity index (χ0v) is 18.8. The quantitative estimate of drug-likeness (QED) is 0.459. The first kappa shape index (κ1) is 22.2. The molecule has 9 heteroatoms. The Labute approximate surface area is 191 Å². The Morgan fingerprint density at radius 3 is 2.33 bits per heavy atom. The second-order valence-corrected chi connectivity index (χ2v) is 9.39. The summed E-state index contributed by atoms with van der Waals surface area (Å²) >= 11 is 0. The molecule has 0 radical (unpaired) electrons. The summed E-state index contributed by atoms with van der Waals surface area (Å²) in [5.74, 6) is -0.954. The minimum atomic E-state index is -3.73. The molecular formula is C24H21FN4O3S. The first-order valence-electron chi connectivity index (χ1n) is 10.0. The molecule has 4 rings (SSSR count). The number of hydrogen-bond acceptors (Lipinski definition) is 4. The van der Waals surface area contributed by atoms with E-state index in [-0.39, 0.29) is 4.90 Å². The Morgan fingerprint density at radius 2 is 1.73 bits per heavy atom. The van der Waals surface area contributed by atoms with Crippen LogP contribution in [0.4, 0.5) is 15.8 Å². The van der Waals surface area contributed by atoms with Crippen molar-refractivity contribution in [2.75, 3.05) is 16.7 Å². The van der Waals surface area contributed by atoms with Gasteiger partial charge in [0.15, 0.2) is 0 Å². The van der Waals surface area contributed by atoms with Gasteiger partial charge in [0.25, 0.3) is 15.9 Å². The van der Waals surface area contributed by atoms with Crippen LogP contribution < -0.4 is 9.62 Å². The summed E-state index contributed by atoms with van der Waals surface area (Å²) in [6.07, 6.45) is 4.64. The molecule has 0 spiro atoms. The van der Waals surface area contributed by atoms with E-state index in [1.807, 2.05) is 6.92 Å². The highest BCUT2D eigenvalue weighted by atomic mass is 32.2. The summed E-state index contributed by atoms with van der Waals surface area (Å²) in [6.45, 7) is 1.88. The lowest BCUT2D eigenvalue weighted by Gasteiger charge is -2.20. The van der Waals surface area contributed by atoms with Gasteiger partial charge in [-0.1, -0.05) is 17.7 Å². The molecule has 1 aromatic heterocycles. The Morgan fingerprint density at radius 1 is 1.03 bits per heavy atom. The molecule has 0 fully saturated rings. The van der Waals surface area contributed by atoms with Crippen LogP contribution in [0.2, 0.25) is 0 Å². The highest BCUT2D eigenvalue weighted by Crippen LogP contribution is 2.23. The standard InChI is InChI=1S/C24H21FN4O3S/c1-17-3-10-21(11-4-17)33(31,32)28(2)20-8-5-18(6-9-20)24(30)27-19-7-12-23(22(25)15-19)29-14-13-26-16-29/h3-16H,1-2H3,(H,27,30). The molecule has 0 aliphatic rings. The maximum atomic E-state index is 14.4. The molecule has 0 aliphatic heterocycles. The number of nitrogens with one attached hydrogen (secondary N) is 1. The molecular weight excluding hydrogens is 443 g/mol. The van der Waals surface area contributed by atoms with Gasteiger partial charge < -0.3 is 9.88 Å². The number of amides is 1. The van der Waals surface area contributed by atoms with Gasteiger partial charge in [-0.05, 0) is 61.5 Å². The van der Waals surface area contributed by atoms with Crippen LogP contribution in [0, 0.1) is 12.7 Å². The van der Waals surface area contributed by atoms with Gasteiger partial charge in [-0.2, -0.15) is 0 Å². The monoisotopic (exact) mass is 464 g/mol. The molecule has 0 atom stereocenters. The van der Waals surface area contributed by atoms with Gasteiger partial charge in [-0.15, -0.1) is 0 Å². The number of benzene rings is 3. The van der Waals surface area contributed by atoms with Crippen LogP contribution in [-0.2, 0) is 10.0 Å². The maximum Gasteiger partial charge on any atom is 0.264 e. The Kier molecular flexibility index (Phi) is 5.97. The second kappa shape index (κ2) is 8.87. The molecule has 0 saturated carbocycles. The minimum absolute atomic E-state index is 0.179. The van der Waals surface area contributed by atoms with Gasteiger partial charge in [-0.3, -0.25) is 9.10 Å². The first-order chi connectivity index (χ1) is 15.8. The Balaban J connectivity index is 1.48. The third-order valence-corrected chi connectivity index (χ3v) is 6.96. The molecule has 0 saturated heterocycles. The van der Waals surface area contributed by atoms with Gasteiger partial charge in [0.05, 0.1) is 22.6 Å². The van der Waals surface area contributed by atoms with Crippen molar-refractivity contribution in [2.24, 2.45) is 0 Å². The fourth-order valence-electron chi connectivity index (χ4n) is 3.23. The number of aromatic nitrogens is 2. The summed E-state index contributed by atoms with van der Waals surface area (Å²) in [5.41, 5.74) is 2.28. The van der Waals surface area contributed by atoms with E-state index in [1.54, 1.807) is 60.9 Å². The SMILES string of the molecule is Cc1ccc(S(=O)(=O)N(C)c2ccc(C(=O)Nc3ccc(-n4ccnc4)c(F)c3)cc2)cc1. The molecule has 1 amide bonds. The third kappa shape index (κ3) is 4.63. The normalized spacial score (nSPS) is 11.2. The molecule has 1 N–H and O–H groups in total. The van der Waals surface area contributed by atoms with Gasteiger partial charge in [-0.25, -0.2) is 17.8 Å². The Bertz CT molecular complexity index is 1380. The summed E-state index contributed by atoms with van der Waals surface area (Å²) in [7, 11) is -2.28. The zero-order chi connectivity index (χ0) is 23.6. The van der Waals surface area contributed by atoms with Crippen LogP contribution in [0.1, 0.15) is 15.9 Å². The number of rotatable bonds is 6. The fourth-order valence-corrected chi connectivity index (χ4v) is 4.42. The Hall–Kier alpha value is -3.98. The highest BCUT2D eigenvalue weighted by Gasteiger charge is 2.21. The van der Waals surface area contributed by atoms with Crippen LogP contribution in [0.3, 0.4) is 0 Å². The molecule has 0 aliphatic carbocycles. The van der Waals surface area contributed by atoms with Crippen molar-refractivity contribution in [3.63, 3.8) is 0 Å². The van der Waals surface area contributed by atoms with E-state index in [2.05, 4.69) is 10.3 Å². The van der Waals surface area contributed by atoms with Crippen molar-refractivity contribution >= 4 is 27.3 Å². The number of aryl methyl sites for hydroxylation is 1.